The van der Waals surface area contributed by atoms with Gasteiger partial charge in [-0.2, -0.15) is 0 Å². The summed E-state index contributed by atoms with van der Waals surface area (Å²) in [4.78, 5) is 13.7. The molecule has 0 heterocycles. The molecule has 0 saturated heterocycles. The molecule has 0 atom stereocenters. The zero-order chi connectivity index (χ0) is 20.9. The molecule has 0 spiro atoms. The molecule has 152 valence electrons. The minimum Gasteiger partial charge on any atom is -0.465 e. The smallest absolute Gasteiger partial charge is 0.337 e. The quantitative estimate of drug-likeness (QED) is 0.657. The van der Waals surface area contributed by atoms with Gasteiger partial charge in [-0.25, -0.2) is 17.9 Å². The van der Waals surface area contributed by atoms with Gasteiger partial charge in [0.15, 0.2) is 0 Å². The van der Waals surface area contributed by atoms with E-state index in [4.69, 9.17) is 11.6 Å². The van der Waals surface area contributed by atoms with E-state index in [9.17, 15) is 13.2 Å². The maximum absolute atomic E-state index is 12.7. The third-order valence-electron chi connectivity index (χ3n) is 4.51. The molecule has 0 fully saturated rings. The lowest BCUT2D eigenvalue weighted by Crippen LogP contribution is -2.28. The number of rotatable bonds is 8. The lowest BCUT2D eigenvalue weighted by molar-refractivity contribution is 0.0600. The number of carbonyl (C=O) groups excluding carboxylic acids is 1. The second kappa shape index (κ2) is 9.52. The van der Waals surface area contributed by atoms with Gasteiger partial charge in [0.05, 0.1) is 17.7 Å². The number of nitrogens with zero attached hydrogens (tertiary/aromatic N) is 1. The van der Waals surface area contributed by atoms with Crippen LogP contribution in [0.25, 0.3) is 0 Å². The highest BCUT2D eigenvalue weighted by molar-refractivity contribution is 7.89. The summed E-state index contributed by atoms with van der Waals surface area (Å²) in [5, 5.41) is -0.0387. The van der Waals surface area contributed by atoms with Crippen molar-refractivity contribution >= 4 is 27.6 Å². The van der Waals surface area contributed by atoms with E-state index in [1.807, 2.05) is 31.3 Å². The van der Waals surface area contributed by atoms with Gasteiger partial charge in [0.25, 0.3) is 0 Å². The minimum absolute atomic E-state index is 0.0387. The molecule has 28 heavy (non-hydrogen) atoms. The third-order valence-corrected chi connectivity index (χ3v) is 6.40. The maximum Gasteiger partial charge on any atom is 0.337 e. The van der Waals surface area contributed by atoms with Crippen molar-refractivity contribution in [3.63, 3.8) is 0 Å². The Labute approximate surface area is 171 Å². The van der Waals surface area contributed by atoms with Gasteiger partial charge in [-0.3, -0.25) is 4.90 Å². The van der Waals surface area contributed by atoms with Gasteiger partial charge in [-0.1, -0.05) is 35.9 Å². The molecule has 0 aliphatic heterocycles. The van der Waals surface area contributed by atoms with Crippen LogP contribution in [-0.4, -0.2) is 39.5 Å². The summed E-state index contributed by atoms with van der Waals surface area (Å²) in [5.74, 6) is -0.581. The van der Waals surface area contributed by atoms with Gasteiger partial charge in [0, 0.05) is 19.1 Å². The molecule has 2 aromatic rings. The first kappa shape index (κ1) is 22.4. The SMILES string of the molecule is COC(=O)c1ccc(S(=O)(=O)NCc2ccccc2CN(C)C(C)C)c(Cl)c1. The van der Waals surface area contributed by atoms with E-state index in [0.29, 0.717) is 12.6 Å². The standard InChI is InChI=1S/C20H25ClN2O4S/c1-14(2)23(3)13-17-8-6-5-7-16(17)12-22-28(25,26)19-10-9-15(11-18(19)21)20(24)27-4/h5-11,14,22H,12-13H2,1-4H3. The summed E-state index contributed by atoms with van der Waals surface area (Å²) in [7, 11) is -0.579. The Morgan fingerprint density at radius 3 is 2.39 bits per heavy atom. The number of hydrogen-bond donors (Lipinski definition) is 1. The summed E-state index contributed by atoms with van der Waals surface area (Å²) in [5.41, 5.74) is 2.13. The fourth-order valence-electron chi connectivity index (χ4n) is 2.55. The number of carbonyl (C=O) groups is 1. The fraction of sp³-hybridized carbons (Fsp3) is 0.350. The van der Waals surface area contributed by atoms with Crippen LogP contribution in [0.15, 0.2) is 47.4 Å². The Hall–Kier alpha value is -1.93. The van der Waals surface area contributed by atoms with Crippen LogP contribution in [0.2, 0.25) is 5.02 Å². The molecule has 0 aliphatic carbocycles. The van der Waals surface area contributed by atoms with E-state index in [0.717, 1.165) is 11.1 Å². The summed E-state index contributed by atoms with van der Waals surface area (Å²) >= 11 is 6.10. The van der Waals surface area contributed by atoms with Crippen molar-refractivity contribution < 1.29 is 17.9 Å². The van der Waals surface area contributed by atoms with Gasteiger partial charge in [0.1, 0.15) is 4.90 Å². The Kier molecular flexibility index (Phi) is 7.60. The normalized spacial score (nSPS) is 11.8. The van der Waals surface area contributed by atoms with Crippen molar-refractivity contribution in [2.75, 3.05) is 14.2 Å². The lowest BCUT2D eigenvalue weighted by Gasteiger charge is -2.22. The largest absolute Gasteiger partial charge is 0.465 e. The molecule has 2 aromatic carbocycles. The number of esters is 1. The second-order valence-corrected chi connectivity index (χ2v) is 8.88. The molecule has 0 unspecified atom stereocenters. The Morgan fingerprint density at radius 2 is 1.82 bits per heavy atom. The van der Waals surface area contributed by atoms with Crippen LogP contribution in [0.1, 0.15) is 35.3 Å². The molecule has 1 N–H and O–H groups in total. The highest BCUT2D eigenvalue weighted by atomic mass is 35.5. The van der Waals surface area contributed by atoms with Gasteiger partial charge in [0.2, 0.25) is 10.0 Å². The van der Waals surface area contributed by atoms with Crippen molar-refractivity contribution in [3.05, 3.63) is 64.2 Å². The number of benzene rings is 2. The summed E-state index contributed by atoms with van der Waals surface area (Å²) in [6, 6.07) is 12.0. The second-order valence-electron chi connectivity index (χ2n) is 6.74. The van der Waals surface area contributed by atoms with Gasteiger partial charge in [-0.15, -0.1) is 0 Å². The number of ether oxygens (including phenoxy) is 1. The molecule has 0 bridgehead atoms. The minimum atomic E-state index is -3.85. The molecule has 0 aliphatic rings. The molecule has 8 heteroatoms. The fourth-order valence-corrected chi connectivity index (χ4v) is 4.10. The number of nitrogens with one attached hydrogen (secondary N) is 1. The molecule has 0 radical (unpaired) electrons. The van der Waals surface area contributed by atoms with E-state index in [2.05, 4.69) is 28.2 Å². The molecule has 6 nitrogen and oxygen atoms in total. The molecule has 0 aromatic heterocycles. The predicted octanol–water partition coefficient (Wildman–Crippen LogP) is 3.45. The molecule has 2 rings (SSSR count). The van der Waals surface area contributed by atoms with Gasteiger partial charge in [-0.05, 0) is 50.2 Å². The van der Waals surface area contributed by atoms with Gasteiger partial charge >= 0.3 is 5.97 Å². The van der Waals surface area contributed by atoms with Gasteiger partial charge < -0.3 is 4.74 Å². The Morgan fingerprint density at radius 1 is 1.18 bits per heavy atom. The van der Waals surface area contributed by atoms with E-state index in [1.165, 1.54) is 25.3 Å². The van der Waals surface area contributed by atoms with Crippen molar-refractivity contribution in [1.29, 1.82) is 0 Å². The molecular formula is C20H25ClN2O4S. The summed E-state index contributed by atoms with van der Waals surface area (Å²) in [6.45, 7) is 5.06. The van der Waals surface area contributed by atoms with E-state index < -0.39 is 16.0 Å². The third kappa shape index (κ3) is 5.54. The number of hydrogen-bond acceptors (Lipinski definition) is 5. The maximum atomic E-state index is 12.7. The van der Waals surface area contributed by atoms with E-state index in [-0.39, 0.29) is 22.0 Å². The van der Waals surface area contributed by atoms with Crippen LogP contribution in [0.5, 0.6) is 0 Å². The zero-order valence-corrected chi connectivity index (χ0v) is 18.0. The summed E-state index contributed by atoms with van der Waals surface area (Å²) in [6.07, 6.45) is 0. The van der Waals surface area contributed by atoms with Crippen LogP contribution in [-0.2, 0) is 27.8 Å². The number of halogens is 1. The topological polar surface area (TPSA) is 75.7 Å². The number of methoxy groups -OCH3 is 1. The van der Waals surface area contributed by atoms with Crippen LogP contribution in [0.4, 0.5) is 0 Å². The average molecular weight is 425 g/mol. The lowest BCUT2D eigenvalue weighted by atomic mass is 10.1. The zero-order valence-electron chi connectivity index (χ0n) is 16.4. The average Bonchev–Trinajstić information content (AvgIpc) is 2.66. The monoisotopic (exact) mass is 424 g/mol. The highest BCUT2D eigenvalue weighted by Gasteiger charge is 2.20. The van der Waals surface area contributed by atoms with E-state index >= 15 is 0 Å². The van der Waals surface area contributed by atoms with Crippen molar-refractivity contribution in [1.82, 2.24) is 9.62 Å². The van der Waals surface area contributed by atoms with E-state index in [1.54, 1.807) is 0 Å². The van der Waals surface area contributed by atoms with Crippen LogP contribution in [0.3, 0.4) is 0 Å². The van der Waals surface area contributed by atoms with Crippen molar-refractivity contribution in [2.45, 2.75) is 37.9 Å². The molecule has 0 saturated carbocycles. The first-order valence-corrected chi connectivity index (χ1v) is 10.7. The first-order chi connectivity index (χ1) is 13.2. The molecular weight excluding hydrogens is 400 g/mol. The number of sulfonamides is 1. The highest BCUT2D eigenvalue weighted by Crippen LogP contribution is 2.23. The molecule has 0 amide bonds. The van der Waals surface area contributed by atoms with Crippen LogP contribution < -0.4 is 4.72 Å². The summed E-state index contributed by atoms with van der Waals surface area (Å²) < 4.78 is 32.6. The van der Waals surface area contributed by atoms with Crippen molar-refractivity contribution in [3.8, 4) is 0 Å². The first-order valence-electron chi connectivity index (χ1n) is 8.80. The predicted molar refractivity (Wildman–Crippen MR) is 110 cm³/mol. The van der Waals surface area contributed by atoms with Crippen molar-refractivity contribution in [2.24, 2.45) is 0 Å². The Balaban J connectivity index is 2.20. The van der Waals surface area contributed by atoms with Crippen LogP contribution >= 0.6 is 11.6 Å². The Bertz CT molecular complexity index is 945. The van der Waals surface area contributed by atoms with Crippen LogP contribution in [0, 0.1) is 0 Å².